The van der Waals surface area contributed by atoms with Gasteiger partial charge in [-0.05, 0) is 18.6 Å². The number of pyridine rings is 1. The van der Waals surface area contributed by atoms with E-state index in [1.807, 2.05) is 37.3 Å². The fraction of sp³-hybridized carbons (Fsp3) is 0.200. The molecule has 1 rings (SSSR count). The summed E-state index contributed by atoms with van der Waals surface area (Å²) in [6, 6.07) is 5.97. The third-order valence-electron chi connectivity index (χ3n) is 1.45. The maximum absolute atomic E-state index is 8.27. The fourth-order valence-electron chi connectivity index (χ4n) is 0.826. The van der Waals surface area contributed by atoms with Crippen molar-refractivity contribution in [2.24, 2.45) is 0 Å². The van der Waals surface area contributed by atoms with E-state index in [0.717, 1.165) is 11.3 Å². The summed E-state index contributed by atoms with van der Waals surface area (Å²) in [4.78, 5) is 4.12. The smallest absolute Gasteiger partial charge is 0.0663 e. The molecule has 1 aromatic rings. The number of hydrogen-bond donors (Lipinski definition) is 0. The van der Waals surface area contributed by atoms with E-state index in [-0.39, 0.29) is 0 Å². The van der Waals surface area contributed by atoms with Crippen LogP contribution in [0, 0.1) is 18.3 Å². The second-order valence-corrected chi connectivity index (χ2v) is 2.50. The average Bonchev–Trinajstić information content (AvgIpc) is 2.09. The molecule has 0 saturated carbocycles. The van der Waals surface area contributed by atoms with Crippen molar-refractivity contribution in [3.8, 4) is 6.07 Å². The van der Waals surface area contributed by atoms with Crippen LogP contribution in [0.5, 0.6) is 0 Å². The molecule has 0 atom stereocenters. The van der Waals surface area contributed by atoms with Gasteiger partial charge in [0.2, 0.25) is 0 Å². The summed E-state index contributed by atoms with van der Waals surface area (Å²) in [7, 11) is 0. The summed E-state index contributed by atoms with van der Waals surface area (Å²) in [6.45, 7) is 1.95. The van der Waals surface area contributed by atoms with Crippen molar-refractivity contribution in [1.29, 1.82) is 5.26 Å². The topological polar surface area (TPSA) is 36.7 Å². The lowest BCUT2D eigenvalue weighted by Crippen LogP contribution is -1.79. The molecule has 0 N–H and O–H groups in total. The fourth-order valence-corrected chi connectivity index (χ4v) is 0.826. The van der Waals surface area contributed by atoms with Gasteiger partial charge in [0.05, 0.1) is 12.5 Å². The molecule has 0 aliphatic carbocycles. The average molecular weight is 158 g/mol. The van der Waals surface area contributed by atoms with E-state index in [2.05, 4.69) is 4.98 Å². The van der Waals surface area contributed by atoms with Gasteiger partial charge in [0.25, 0.3) is 0 Å². The molecule has 0 spiro atoms. The summed E-state index contributed by atoms with van der Waals surface area (Å²) < 4.78 is 0. The molecule has 60 valence electrons. The van der Waals surface area contributed by atoms with E-state index in [4.69, 9.17) is 5.26 Å². The number of nitrogens with zero attached hydrogens (tertiary/aromatic N) is 2. The van der Waals surface area contributed by atoms with Gasteiger partial charge >= 0.3 is 0 Å². The van der Waals surface area contributed by atoms with Gasteiger partial charge in [-0.2, -0.15) is 5.26 Å². The second kappa shape index (κ2) is 4.30. The zero-order valence-electron chi connectivity index (χ0n) is 6.99. The van der Waals surface area contributed by atoms with Gasteiger partial charge in [0, 0.05) is 11.9 Å². The Hall–Kier alpha value is -1.62. The van der Waals surface area contributed by atoms with E-state index in [1.165, 1.54) is 0 Å². The highest BCUT2D eigenvalue weighted by Crippen LogP contribution is 2.01. The normalized spacial score (nSPS) is 10.0. The molecule has 12 heavy (non-hydrogen) atoms. The highest BCUT2D eigenvalue weighted by atomic mass is 14.6. The number of rotatable bonds is 2. The van der Waals surface area contributed by atoms with E-state index in [9.17, 15) is 0 Å². The predicted octanol–water partition coefficient (Wildman–Crippen LogP) is 2.32. The van der Waals surface area contributed by atoms with Gasteiger partial charge in [-0.1, -0.05) is 18.2 Å². The number of nitriles is 1. The molecule has 2 nitrogen and oxygen atoms in total. The Bertz CT molecular complexity index is 304. The number of hydrogen-bond acceptors (Lipinski definition) is 2. The molecule has 0 bridgehead atoms. The lowest BCUT2D eigenvalue weighted by atomic mass is 10.2. The predicted molar refractivity (Wildman–Crippen MR) is 48.2 cm³/mol. The van der Waals surface area contributed by atoms with Crippen LogP contribution in [-0.2, 0) is 0 Å². The summed E-state index contributed by atoms with van der Waals surface area (Å²) in [5, 5.41) is 8.27. The maximum Gasteiger partial charge on any atom is 0.0663 e. The van der Waals surface area contributed by atoms with Crippen LogP contribution in [0.1, 0.15) is 17.7 Å². The van der Waals surface area contributed by atoms with Crippen LogP contribution in [-0.4, -0.2) is 4.98 Å². The Morgan fingerprint density at radius 2 is 2.42 bits per heavy atom. The minimum atomic E-state index is 0.452. The molecule has 0 saturated heterocycles. The first-order valence-corrected chi connectivity index (χ1v) is 3.79. The molecule has 0 aliphatic rings. The van der Waals surface area contributed by atoms with Crippen LogP contribution in [0.15, 0.2) is 24.4 Å². The van der Waals surface area contributed by atoms with Gasteiger partial charge in [0.15, 0.2) is 0 Å². The van der Waals surface area contributed by atoms with Crippen LogP contribution in [0.4, 0.5) is 0 Å². The Kier molecular flexibility index (Phi) is 3.04. The van der Waals surface area contributed by atoms with Gasteiger partial charge in [-0.3, -0.25) is 4.98 Å². The standard InChI is InChI=1S/C10H10N2/c1-9-5-6-10(8-12-9)4-2-3-7-11/h2,4-6,8H,3H2,1H3. The summed E-state index contributed by atoms with van der Waals surface area (Å²) in [6.07, 6.45) is 5.97. The minimum absolute atomic E-state index is 0.452. The SMILES string of the molecule is Cc1ccc(C=CCC#N)cn1. The highest BCUT2D eigenvalue weighted by Gasteiger charge is 1.85. The van der Waals surface area contributed by atoms with Crippen LogP contribution in [0.25, 0.3) is 6.08 Å². The Labute approximate surface area is 72.2 Å². The summed E-state index contributed by atoms with van der Waals surface area (Å²) >= 11 is 0. The second-order valence-electron chi connectivity index (χ2n) is 2.50. The highest BCUT2D eigenvalue weighted by molar-refractivity contribution is 5.47. The number of aromatic nitrogens is 1. The first-order valence-electron chi connectivity index (χ1n) is 3.79. The maximum atomic E-state index is 8.27. The zero-order chi connectivity index (χ0) is 8.81. The van der Waals surface area contributed by atoms with Gasteiger partial charge in [-0.25, -0.2) is 0 Å². The molecule has 2 heteroatoms. The van der Waals surface area contributed by atoms with Crippen molar-refractivity contribution in [2.75, 3.05) is 0 Å². The van der Waals surface area contributed by atoms with E-state index in [0.29, 0.717) is 6.42 Å². The van der Waals surface area contributed by atoms with Gasteiger partial charge < -0.3 is 0 Å². The van der Waals surface area contributed by atoms with Crippen LogP contribution >= 0.6 is 0 Å². The molecule has 1 heterocycles. The molecule has 1 aromatic heterocycles. The zero-order valence-corrected chi connectivity index (χ0v) is 6.99. The largest absolute Gasteiger partial charge is 0.261 e. The van der Waals surface area contributed by atoms with Crippen molar-refractivity contribution < 1.29 is 0 Å². The van der Waals surface area contributed by atoms with Crippen molar-refractivity contribution in [3.05, 3.63) is 35.7 Å². The monoisotopic (exact) mass is 158 g/mol. The van der Waals surface area contributed by atoms with Crippen LogP contribution in [0.3, 0.4) is 0 Å². The van der Waals surface area contributed by atoms with E-state index < -0.39 is 0 Å². The summed E-state index contributed by atoms with van der Waals surface area (Å²) in [5.74, 6) is 0. The van der Waals surface area contributed by atoms with Gasteiger partial charge in [-0.15, -0.1) is 0 Å². The molecule has 0 aliphatic heterocycles. The van der Waals surface area contributed by atoms with E-state index in [1.54, 1.807) is 6.20 Å². The molecule has 0 amide bonds. The van der Waals surface area contributed by atoms with Crippen LogP contribution < -0.4 is 0 Å². The summed E-state index contributed by atoms with van der Waals surface area (Å²) in [5.41, 5.74) is 2.04. The lowest BCUT2D eigenvalue weighted by Gasteiger charge is -1.92. The molecule has 0 unspecified atom stereocenters. The van der Waals surface area contributed by atoms with Crippen molar-refractivity contribution in [2.45, 2.75) is 13.3 Å². The number of allylic oxidation sites excluding steroid dienone is 1. The molecule has 0 radical (unpaired) electrons. The minimum Gasteiger partial charge on any atom is -0.261 e. The molecule has 0 aromatic carbocycles. The third kappa shape index (κ3) is 2.55. The first kappa shape index (κ1) is 8.48. The first-order chi connectivity index (χ1) is 5.83. The third-order valence-corrected chi connectivity index (χ3v) is 1.45. The Morgan fingerprint density at radius 3 is 3.00 bits per heavy atom. The molecular formula is C10H10N2. The van der Waals surface area contributed by atoms with Crippen LogP contribution in [0.2, 0.25) is 0 Å². The number of aryl methyl sites for hydroxylation is 1. The van der Waals surface area contributed by atoms with Crippen molar-refractivity contribution >= 4 is 6.08 Å². The Morgan fingerprint density at radius 1 is 1.58 bits per heavy atom. The lowest BCUT2D eigenvalue weighted by molar-refractivity contribution is 1.19. The van der Waals surface area contributed by atoms with E-state index >= 15 is 0 Å². The van der Waals surface area contributed by atoms with Gasteiger partial charge in [0.1, 0.15) is 0 Å². The molecular weight excluding hydrogens is 148 g/mol. The quantitative estimate of drug-likeness (QED) is 0.662. The Balaban J connectivity index is 2.66. The van der Waals surface area contributed by atoms with Crippen molar-refractivity contribution in [3.63, 3.8) is 0 Å². The van der Waals surface area contributed by atoms with Crippen molar-refractivity contribution in [1.82, 2.24) is 4.98 Å². The molecule has 0 fully saturated rings.